The van der Waals surface area contributed by atoms with Crippen LogP contribution in [0, 0.1) is 0 Å². The zero-order valence-electron chi connectivity index (χ0n) is 11.6. The van der Waals surface area contributed by atoms with Gasteiger partial charge in [-0.15, -0.1) is 0 Å². The Bertz CT molecular complexity index is 237. The first kappa shape index (κ1) is 14.5. The fourth-order valence-corrected chi connectivity index (χ4v) is 2.02. The van der Waals surface area contributed by atoms with Crippen LogP contribution in [0.4, 0.5) is 0 Å². The number of nitrogens with one attached hydrogen (secondary N) is 2. The molecule has 0 heterocycles. The lowest BCUT2D eigenvalue weighted by Gasteiger charge is -2.23. The maximum absolute atomic E-state index is 11.9. The minimum absolute atomic E-state index is 0.0991. The second-order valence-corrected chi connectivity index (χ2v) is 5.43. The average molecular weight is 241 g/mol. The number of likely N-dealkylation sites (N-methyl/N-ethyl adjacent to an activating group) is 1. The molecular formula is C13H27N3O. The van der Waals surface area contributed by atoms with Crippen LogP contribution in [0.25, 0.3) is 0 Å². The summed E-state index contributed by atoms with van der Waals surface area (Å²) in [6.45, 7) is 4.92. The second kappa shape index (κ2) is 6.97. The lowest BCUT2D eigenvalue weighted by atomic mass is 10.2. The predicted molar refractivity (Wildman–Crippen MR) is 71.0 cm³/mol. The summed E-state index contributed by atoms with van der Waals surface area (Å²) in [5.41, 5.74) is 0. The third-order valence-corrected chi connectivity index (χ3v) is 3.70. The van der Waals surface area contributed by atoms with Crippen LogP contribution >= 0.6 is 0 Å². The summed E-state index contributed by atoms with van der Waals surface area (Å²) >= 11 is 0. The average Bonchev–Trinajstić information content (AvgIpc) is 2.77. The van der Waals surface area contributed by atoms with Gasteiger partial charge < -0.3 is 15.5 Å². The number of carbonyl (C=O) groups excluding carboxylic acids is 1. The van der Waals surface area contributed by atoms with Gasteiger partial charge in [0.2, 0.25) is 5.91 Å². The first-order chi connectivity index (χ1) is 8.00. The molecule has 0 spiro atoms. The smallest absolute Gasteiger partial charge is 0.237 e. The van der Waals surface area contributed by atoms with E-state index < -0.39 is 0 Å². The quantitative estimate of drug-likeness (QED) is 0.728. The zero-order valence-corrected chi connectivity index (χ0v) is 11.6. The number of nitrogens with zero attached hydrogens (tertiary/aromatic N) is 1. The third kappa shape index (κ3) is 5.04. The largest absolute Gasteiger partial charge is 0.352 e. The first-order valence-corrected chi connectivity index (χ1v) is 6.71. The van der Waals surface area contributed by atoms with Gasteiger partial charge in [0.1, 0.15) is 0 Å². The van der Waals surface area contributed by atoms with Crippen LogP contribution < -0.4 is 10.6 Å². The highest BCUT2D eigenvalue weighted by Crippen LogP contribution is 2.17. The van der Waals surface area contributed by atoms with Crippen molar-refractivity contribution in [2.45, 2.75) is 57.7 Å². The molecule has 0 radical (unpaired) electrons. The molecule has 0 bridgehead atoms. The topological polar surface area (TPSA) is 44.4 Å². The Labute approximate surface area is 105 Å². The van der Waals surface area contributed by atoms with Crippen molar-refractivity contribution in [2.75, 3.05) is 20.6 Å². The summed E-state index contributed by atoms with van der Waals surface area (Å²) < 4.78 is 0. The van der Waals surface area contributed by atoms with Crippen molar-refractivity contribution in [3.63, 3.8) is 0 Å². The Morgan fingerprint density at radius 2 is 1.88 bits per heavy atom. The van der Waals surface area contributed by atoms with E-state index in [0.717, 1.165) is 19.4 Å². The van der Waals surface area contributed by atoms with Crippen LogP contribution in [0.3, 0.4) is 0 Å². The van der Waals surface area contributed by atoms with E-state index in [1.165, 1.54) is 12.8 Å². The summed E-state index contributed by atoms with van der Waals surface area (Å²) in [5.74, 6) is 0.142. The van der Waals surface area contributed by atoms with Crippen molar-refractivity contribution in [1.82, 2.24) is 15.5 Å². The number of amides is 1. The minimum Gasteiger partial charge on any atom is -0.352 e. The highest BCUT2D eigenvalue weighted by Gasteiger charge is 2.20. The molecule has 2 atom stereocenters. The van der Waals surface area contributed by atoms with Crippen LogP contribution in [0.15, 0.2) is 0 Å². The fourth-order valence-electron chi connectivity index (χ4n) is 2.02. The molecule has 0 aromatic carbocycles. The summed E-state index contributed by atoms with van der Waals surface area (Å²) in [5, 5.41) is 6.40. The Morgan fingerprint density at radius 1 is 1.29 bits per heavy atom. The van der Waals surface area contributed by atoms with Crippen LogP contribution in [0.1, 0.15) is 39.5 Å². The molecule has 1 aliphatic rings. The van der Waals surface area contributed by atoms with E-state index in [9.17, 15) is 4.79 Å². The molecule has 1 rings (SSSR count). The fraction of sp³-hybridized carbons (Fsp3) is 0.923. The van der Waals surface area contributed by atoms with Gasteiger partial charge in [0.15, 0.2) is 0 Å². The summed E-state index contributed by atoms with van der Waals surface area (Å²) in [6, 6.07) is 0.757. The number of carbonyl (C=O) groups is 1. The van der Waals surface area contributed by atoms with Gasteiger partial charge in [-0.05, 0) is 40.8 Å². The highest BCUT2D eigenvalue weighted by molar-refractivity contribution is 5.81. The monoisotopic (exact) mass is 241 g/mol. The van der Waals surface area contributed by atoms with Crippen molar-refractivity contribution in [2.24, 2.45) is 0 Å². The van der Waals surface area contributed by atoms with Gasteiger partial charge in [0.05, 0.1) is 6.04 Å². The van der Waals surface area contributed by atoms with Crippen LogP contribution in [-0.4, -0.2) is 49.6 Å². The van der Waals surface area contributed by atoms with Crippen LogP contribution in [0.5, 0.6) is 0 Å². The van der Waals surface area contributed by atoms with Gasteiger partial charge in [-0.1, -0.05) is 12.8 Å². The number of hydrogen-bond acceptors (Lipinski definition) is 3. The molecule has 1 saturated carbocycles. The van der Waals surface area contributed by atoms with Gasteiger partial charge in [0, 0.05) is 18.6 Å². The summed E-state index contributed by atoms with van der Waals surface area (Å²) in [7, 11) is 4.10. The first-order valence-electron chi connectivity index (χ1n) is 6.71. The predicted octanol–water partition coefficient (Wildman–Crippen LogP) is 0.973. The maximum Gasteiger partial charge on any atom is 0.237 e. The molecule has 0 aromatic rings. The molecule has 1 amide bonds. The standard InChI is InChI=1S/C13H27N3O/c1-10(16(3)4)9-14-11(2)13(17)15-12-7-5-6-8-12/h10-12,14H,5-9H2,1-4H3,(H,15,17). The van der Waals surface area contributed by atoms with E-state index >= 15 is 0 Å². The molecule has 1 aliphatic carbocycles. The number of rotatable bonds is 6. The minimum atomic E-state index is -0.0991. The normalized spacial score (nSPS) is 20.5. The molecule has 4 heteroatoms. The summed E-state index contributed by atoms with van der Waals surface area (Å²) in [4.78, 5) is 14.0. The molecule has 2 unspecified atom stereocenters. The van der Waals surface area contributed by atoms with E-state index in [1.54, 1.807) is 0 Å². The summed E-state index contributed by atoms with van der Waals surface area (Å²) in [6.07, 6.45) is 4.80. The molecule has 1 fully saturated rings. The van der Waals surface area contributed by atoms with E-state index in [0.29, 0.717) is 12.1 Å². The van der Waals surface area contributed by atoms with E-state index in [4.69, 9.17) is 0 Å². The Balaban J connectivity index is 2.21. The Morgan fingerprint density at radius 3 is 2.41 bits per heavy atom. The maximum atomic E-state index is 11.9. The molecule has 0 aromatic heterocycles. The van der Waals surface area contributed by atoms with Gasteiger partial charge in [-0.2, -0.15) is 0 Å². The molecule has 100 valence electrons. The van der Waals surface area contributed by atoms with Crippen molar-refractivity contribution >= 4 is 5.91 Å². The molecule has 17 heavy (non-hydrogen) atoms. The molecule has 4 nitrogen and oxygen atoms in total. The lowest BCUT2D eigenvalue weighted by molar-refractivity contribution is -0.123. The Hall–Kier alpha value is -0.610. The Kier molecular flexibility index (Phi) is 5.92. The van der Waals surface area contributed by atoms with E-state index in [-0.39, 0.29) is 11.9 Å². The second-order valence-electron chi connectivity index (χ2n) is 5.43. The third-order valence-electron chi connectivity index (χ3n) is 3.70. The van der Waals surface area contributed by atoms with Crippen molar-refractivity contribution in [3.8, 4) is 0 Å². The van der Waals surface area contributed by atoms with Gasteiger partial charge >= 0.3 is 0 Å². The van der Waals surface area contributed by atoms with Crippen molar-refractivity contribution in [3.05, 3.63) is 0 Å². The van der Waals surface area contributed by atoms with Crippen molar-refractivity contribution < 1.29 is 4.79 Å². The number of hydrogen-bond donors (Lipinski definition) is 2. The molecule has 0 aliphatic heterocycles. The van der Waals surface area contributed by atoms with E-state index in [1.807, 2.05) is 6.92 Å². The molecule has 2 N–H and O–H groups in total. The molecular weight excluding hydrogens is 214 g/mol. The SMILES string of the molecule is CC(NCC(C)N(C)C)C(=O)NC1CCCC1. The van der Waals surface area contributed by atoms with Crippen LogP contribution in [-0.2, 0) is 4.79 Å². The lowest BCUT2D eigenvalue weighted by Crippen LogP contribution is -2.48. The molecule has 0 saturated heterocycles. The van der Waals surface area contributed by atoms with Gasteiger partial charge in [-0.3, -0.25) is 4.79 Å². The van der Waals surface area contributed by atoms with E-state index in [2.05, 4.69) is 36.6 Å². The van der Waals surface area contributed by atoms with Gasteiger partial charge in [-0.25, -0.2) is 0 Å². The van der Waals surface area contributed by atoms with Crippen molar-refractivity contribution in [1.29, 1.82) is 0 Å². The zero-order chi connectivity index (χ0) is 12.8. The highest BCUT2D eigenvalue weighted by atomic mass is 16.2. The van der Waals surface area contributed by atoms with Crippen LogP contribution in [0.2, 0.25) is 0 Å². The van der Waals surface area contributed by atoms with Gasteiger partial charge in [0.25, 0.3) is 0 Å².